The molecule has 106 valence electrons. The molecule has 1 rings (SSSR count). The van der Waals surface area contributed by atoms with Crippen LogP contribution < -0.4 is 11.1 Å². The van der Waals surface area contributed by atoms with Crippen molar-refractivity contribution in [3.8, 4) is 0 Å². The van der Waals surface area contributed by atoms with Crippen LogP contribution in [0, 0.1) is 6.92 Å². The molecule has 0 unspecified atom stereocenters. The Balaban J connectivity index is 2.61. The van der Waals surface area contributed by atoms with Gasteiger partial charge in [-0.2, -0.15) is 11.8 Å². The minimum absolute atomic E-state index is 0.136. The summed E-state index contributed by atoms with van der Waals surface area (Å²) in [5, 5.41) is 3.66. The Kier molecular flexibility index (Phi) is 5.99. The number of benzene rings is 1. The summed E-state index contributed by atoms with van der Waals surface area (Å²) < 4.78 is 0. The second-order valence-corrected chi connectivity index (χ2v) is 6.85. The van der Waals surface area contributed by atoms with Crippen molar-refractivity contribution in [2.75, 3.05) is 16.8 Å². The van der Waals surface area contributed by atoms with Gasteiger partial charge in [-0.1, -0.05) is 29.3 Å². The number of thioether (sulfide) groups is 1. The van der Waals surface area contributed by atoms with E-state index < -0.39 is 0 Å². The van der Waals surface area contributed by atoms with E-state index in [2.05, 4.69) is 5.32 Å². The summed E-state index contributed by atoms with van der Waals surface area (Å²) >= 11 is 13.6. The first-order valence-corrected chi connectivity index (χ1v) is 7.73. The van der Waals surface area contributed by atoms with Gasteiger partial charge >= 0.3 is 0 Å². The number of carbonyl (C=O) groups excluding carboxylic acids is 1. The summed E-state index contributed by atoms with van der Waals surface area (Å²) in [6.45, 7) is 5.71. The summed E-state index contributed by atoms with van der Waals surface area (Å²) in [7, 11) is 0. The highest BCUT2D eigenvalue weighted by Crippen LogP contribution is 2.32. The van der Waals surface area contributed by atoms with E-state index in [0.29, 0.717) is 27.2 Å². The Morgan fingerprint density at radius 3 is 2.63 bits per heavy atom. The van der Waals surface area contributed by atoms with Gasteiger partial charge in [0.2, 0.25) is 5.91 Å². The molecule has 0 atom stereocenters. The maximum atomic E-state index is 11.8. The molecular weight excluding hydrogens is 303 g/mol. The first-order chi connectivity index (χ1) is 8.70. The summed E-state index contributed by atoms with van der Waals surface area (Å²) in [5.74, 6) is 0.889. The number of rotatable bonds is 5. The number of hydrogen-bond acceptors (Lipinski definition) is 3. The second-order valence-electron chi connectivity index (χ2n) is 5.08. The molecule has 0 heterocycles. The van der Waals surface area contributed by atoms with Gasteiger partial charge in [0.1, 0.15) is 0 Å². The van der Waals surface area contributed by atoms with Crippen LogP contribution >= 0.6 is 35.0 Å². The van der Waals surface area contributed by atoms with Crippen molar-refractivity contribution in [2.45, 2.75) is 26.3 Å². The van der Waals surface area contributed by atoms with Crippen molar-refractivity contribution in [1.29, 1.82) is 0 Å². The van der Waals surface area contributed by atoms with E-state index in [-0.39, 0.29) is 11.4 Å². The molecular formula is C13H18Cl2N2OS. The highest BCUT2D eigenvalue weighted by atomic mass is 35.5. The minimum atomic E-state index is -0.288. The van der Waals surface area contributed by atoms with Gasteiger partial charge in [0.25, 0.3) is 0 Å². The van der Waals surface area contributed by atoms with Gasteiger partial charge in [-0.3, -0.25) is 4.79 Å². The smallest absolute Gasteiger partial charge is 0.234 e. The predicted molar refractivity (Wildman–Crippen MR) is 85.4 cm³/mol. The lowest BCUT2D eigenvalue weighted by Crippen LogP contribution is -2.35. The Labute approximate surface area is 128 Å². The van der Waals surface area contributed by atoms with Crippen LogP contribution in [-0.4, -0.2) is 23.0 Å². The second kappa shape index (κ2) is 6.84. The van der Waals surface area contributed by atoms with Crippen LogP contribution in [0.3, 0.4) is 0 Å². The number of aryl methyl sites for hydroxylation is 1. The van der Waals surface area contributed by atoms with Crippen LogP contribution in [0.15, 0.2) is 12.1 Å². The number of anilines is 1. The fourth-order valence-electron chi connectivity index (χ4n) is 1.35. The van der Waals surface area contributed by atoms with Crippen LogP contribution in [-0.2, 0) is 4.79 Å². The Morgan fingerprint density at radius 1 is 1.42 bits per heavy atom. The molecule has 0 aromatic heterocycles. The van der Waals surface area contributed by atoms with Gasteiger partial charge in [-0.25, -0.2) is 0 Å². The van der Waals surface area contributed by atoms with E-state index >= 15 is 0 Å². The molecule has 1 aromatic rings. The molecule has 1 amide bonds. The lowest BCUT2D eigenvalue weighted by molar-refractivity contribution is -0.113. The Morgan fingerprint density at radius 2 is 2.05 bits per heavy atom. The summed E-state index contributed by atoms with van der Waals surface area (Å²) in [4.78, 5) is 11.8. The fraction of sp³-hybridized carbons (Fsp3) is 0.462. The van der Waals surface area contributed by atoms with Crippen LogP contribution in [0.2, 0.25) is 10.0 Å². The molecule has 0 aliphatic carbocycles. The predicted octanol–water partition coefficient (Wildman–Crippen LogP) is 3.71. The van der Waals surface area contributed by atoms with Crippen molar-refractivity contribution in [3.63, 3.8) is 0 Å². The van der Waals surface area contributed by atoms with Crippen molar-refractivity contribution < 1.29 is 4.79 Å². The molecule has 0 spiro atoms. The third-order valence-electron chi connectivity index (χ3n) is 2.26. The Hall–Kier alpha value is -0.420. The van der Waals surface area contributed by atoms with Crippen molar-refractivity contribution in [2.24, 2.45) is 5.73 Å². The highest BCUT2D eigenvalue weighted by Gasteiger charge is 2.14. The van der Waals surface area contributed by atoms with E-state index in [0.717, 1.165) is 5.56 Å². The third kappa shape index (κ3) is 5.61. The highest BCUT2D eigenvalue weighted by molar-refractivity contribution is 8.00. The lowest BCUT2D eigenvalue weighted by atomic mass is 10.1. The van der Waals surface area contributed by atoms with E-state index in [1.54, 1.807) is 6.07 Å². The molecule has 0 bridgehead atoms. The van der Waals surface area contributed by atoms with Crippen LogP contribution in [0.5, 0.6) is 0 Å². The van der Waals surface area contributed by atoms with Crippen LogP contribution in [0.25, 0.3) is 0 Å². The van der Waals surface area contributed by atoms with Crippen molar-refractivity contribution in [3.05, 3.63) is 27.7 Å². The quantitative estimate of drug-likeness (QED) is 0.869. The first kappa shape index (κ1) is 16.6. The Bertz CT molecular complexity index is 472. The SMILES string of the molecule is Cc1ccc(Cl)c(NC(=O)CSCC(C)(C)N)c1Cl. The standard InChI is InChI=1S/C13H18Cl2N2OS/c1-8-4-5-9(14)12(11(8)15)17-10(18)6-19-7-13(2,3)16/h4-5H,6-7,16H2,1-3H3,(H,17,18). The molecule has 1 aromatic carbocycles. The zero-order valence-corrected chi connectivity index (χ0v) is 13.5. The van der Waals surface area contributed by atoms with Gasteiger partial charge in [0.05, 0.1) is 21.5 Å². The number of halogens is 2. The molecule has 0 aliphatic heterocycles. The topological polar surface area (TPSA) is 55.1 Å². The van der Waals surface area contributed by atoms with Gasteiger partial charge in [-0.15, -0.1) is 0 Å². The number of hydrogen-bond donors (Lipinski definition) is 2. The zero-order valence-electron chi connectivity index (χ0n) is 11.2. The van der Waals surface area contributed by atoms with Gasteiger partial charge in [0.15, 0.2) is 0 Å². The monoisotopic (exact) mass is 320 g/mol. The molecule has 6 heteroatoms. The lowest BCUT2D eigenvalue weighted by Gasteiger charge is -2.17. The van der Waals surface area contributed by atoms with Crippen molar-refractivity contribution in [1.82, 2.24) is 0 Å². The fourth-order valence-corrected chi connectivity index (χ4v) is 2.70. The number of amides is 1. The van der Waals surface area contributed by atoms with Crippen molar-refractivity contribution >= 4 is 46.6 Å². The number of carbonyl (C=O) groups is 1. The van der Waals surface area contributed by atoms with Crippen LogP contribution in [0.4, 0.5) is 5.69 Å². The van der Waals surface area contributed by atoms with Crippen LogP contribution in [0.1, 0.15) is 19.4 Å². The maximum Gasteiger partial charge on any atom is 0.234 e. The van der Waals surface area contributed by atoms with E-state index in [1.165, 1.54) is 11.8 Å². The molecule has 0 saturated carbocycles. The average Bonchev–Trinajstić information content (AvgIpc) is 2.28. The zero-order chi connectivity index (χ0) is 14.6. The maximum absolute atomic E-state index is 11.8. The summed E-state index contributed by atoms with van der Waals surface area (Å²) in [6, 6.07) is 3.53. The molecule has 19 heavy (non-hydrogen) atoms. The molecule has 3 N–H and O–H groups in total. The largest absolute Gasteiger partial charge is 0.325 e. The van der Waals surface area contributed by atoms with E-state index in [1.807, 2.05) is 26.8 Å². The molecule has 0 saturated heterocycles. The summed E-state index contributed by atoms with van der Waals surface area (Å²) in [5.41, 5.74) is 6.90. The third-order valence-corrected chi connectivity index (χ3v) is 4.47. The summed E-state index contributed by atoms with van der Waals surface area (Å²) in [6.07, 6.45) is 0. The van der Waals surface area contributed by atoms with E-state index in [9.17, 15) is 4.79 Å². The minimum Gasteiger partial charge on any atom is -0.325 e. The molecule has 0 fully saturated rings. The number of nitrogens with two attached hydrogens (primary N) is 1. The first-order valence-electron chi connectivity index (χ1n) is 5.82. The van der Waals surface area contributed by atoms with Gasteiger partial charge in [0, 0.05) is 11.3 Å². The average molecular weight is 321 g/mol. The van der Waals surface area contributed by atoms with Gasteiger partial charge in [-0.05, 0) is 32.4 Å². The molecule has 3 nitrogen and oxygen atoms in total. The van der Waals surface area contributed by atoms with E-state index in [4.69, 9.17) is 28.9 Å². The molecule has 0 radical (unpaired) electrons. The number of nitrogens with one attached hydrogen (secondary N) is 1. The normalized spacial score (nSPS) is 11.5. The van der Waals surface area contributed by atoms with Gasteiger partial charge < -0.3 is 11.1 Å². The molecule has 0 aliphatic rings.